The van der Waals surface area contributed by atoms with Gasteiger partial charge in [-0.3, -0.25) is 4.79 Å². The summed E-state index contributed by atoms with van der Waals surface area (Å²) in [5, 5.41) is 0. The molecule has 6 nitrogen and oxygen atoms in total. The first-order valence-corrected chi connectivity index (χ1v) is 10.2. The number of carbonyl (C=O) groups is 1. The van der Waals surface area contributed by atoms with Crippen LogP contribution in [0.4, 0.5) is 10.1 Å². The zero-order chi connectivity index (χ0) is 19.4. The number of hydrogen-bond donors (Lipinski definition) is 1. The molecular weight excluding hydrogens is 369 g/mol. The highest BCUT2D eigenvalue weighted by Gasteiger charge is 2.23. The molecule has 8 heteroatoms. The zero-order valence-corrected chi connectivity index (χ0v) is 15.9. The van der Waals surface area contributed by atoms with Gasteiger partial charge in [-0.15, -0.1) is 0 Å². The first kappa shape index (κ1) is 19.3. The van der Waals surface area contributed by atoms with Crippen molar-refractivity contribution >= 4 is 21.6 Å². The molecular formula is C19H22FN3O3S. The Labute approximate surface area is 158 Å². The predicted molar refractivity (Wildman–Crippen MR) is 102 cm³/mol. The van der Waals surface area contributed by atoms with Crippen molar-refractivity contribution in [3.63, 3.8) is 0 Å². The molecule has 0 radical (unpaired) electrons. The number of carbonyl (C=O) groups excluding carboxylic acids is 1. The monoisotopic (exact) mass is 391 g/mol. The first-order chi connectivity index (χ1) is 12.9. The van der Waals surface area contributed by atoms with Crippen molar-refractivity contribution in [1.82, 2.24) is 9.62 Å². The number of aryl methyl sites for hydroxylation is 1. The molecule has 0 saturated carbocycles. The minimum absolute atomic E-state index is 0.0527. The molecule has 27 heavy (non-hydrogen) atoms. The number of benzene rings is 2. The zero-order valence-electron chi connectivity index (χ0n) is 15.1. The number of hydrogen-bond acceptors (Lipinski definition) is 4. The first-order valence-electron chi connectivity index (χ1n) is 8.70. The lowest BCUT2D eigenvalue weighted by Crippen LogP contribution is -2.51. The smallest absolute Gasteiger partial charge is 0.241 e. The number of piperazine rings is 1. The van der Waals surface area contributed by atoms with Crippen molar-refractivity contribution in [2.45, 2.75) is 11.8 Å². The number of sulfonamides is 1. The third kappa shape index (κ3) is 4.64. The van der Waals surface area contributed by atoms with Gasteiger partial charge in [0.25, 0.3) is 0 Å². The maximum atomic E-state index is 13.3. The predicted octanol–water partition coefficient (Wildman–Crippen LogP) is 1.76. The fraction of sp³-hybridized carbons (Fsp3) is 0.316. The van der Waals surface area contributed by atoms with Gasteiger partial charge in [0.1, 0.15) is 5.82 Å². The SMILES string of the molecule is Cc1cc(S(=O)(=O)NCC(=O)N2CCN(c3ccccc3)CC2)ccc1F. The standard InChI is InChI=1S/C19H22FN3O3S/c1-15-13-17(7-8-18(15)20)27(25,26)21-14-19(24)23-11-9-22(10-12-23)16-5-3-2-4-6-16/h2-8,13,21H,9-12,14H2,1H3. The van der Waals surface area contributed by atoms with E-state index < -0.39 is 15.8 Å². The Morgan fingerprint density at radius 1 is 1.07 bits per heavy atom. The van der Waals surface area contributed by atoms with Gasteiger partial charge in [0.05, 0.1) is 11.4 Å². The van der Waals surface area contributed by atoms with E-state index in [-0.39, 0.29) is 22.9 Å². The molecule has 144 valence electrons. The van der Waals surface area contributed by atoms with E-state index in [4.69, 9.17) is 0 Å². The summed E-state index contributed by atoms with van der Waals surface area (Å²) in [4.78, 5) is 16.1. The summed E-state index contributed by atoms with van der Waals surface area (Å²) in [6.45, 7) is 3.63. The molecule has 0 aliphatic carbocycles. The van der Waals surface area contributed by atoms with Crippen molar-refractivity contribution in [2.24, 2.45) is 0 Å². The summed E-state index contributed by atoms with van der Waals surface area (Å²) in [6, 6.07) is 13.5. The Hall–Kier alpha value is -2.45. The molecule has 0 aromatic heterocycles. The van der Waals surface area contributed by atoms with Crippen LogP contribution in [0.15, 0.2) is 53.4 Å². The van der Waals surface area contributed by atoms with Gasteiger partial charge in [0.2, 0.25) is 15.9 Å². The van der Waals surface area contributed by atoms with Crippen LogP contribution in [0.1, 0.15) is 5.56 Å². The summed E-state index contributed by atoms with van der Waals surface area (Å²) in [6.07, 6.45) is 0. The number of nitrogens with one attached hydrogen (secondary N) is 1. The Balaban J connectivity index is 1.54. The molecule has 1 N–H and O–H groups in total. The lowest BCUT2D eigenvalue weighted by molar-refractivity contribution is -0.130. The normalized spacial score (nSPS) is 15.0. The van der Waals surface area contributed by atoms with Crippen LogP contribution in [0, 0.1) is 12.7 Å². The number of rotatable bonds is 5. The Bertz CT molecular complexity index is 911. The van der Waals surface area contributed by atoms with E-state index in [1.54, 1.807) is 4.90 Å². The van der Waals surface area contributed by atoms with E-state index in [9.17, 15) is 17.6 Å². The van der Waals surface area contributed by atoms with Gasteiger partial charge in [-0.25, -0.2) is 17.5 Å². The van der Waals surface area contributed by atoms with Gasteiger partial charge in [-0.1, -0.05) is 18.2 Å². The Kier molecular flexibility index (Phi) is 5.76. The lowest BCUT2D eigenvalue weighted by atomic mass is 10.2. The van der Waals surface area contributed by atoms with Crippen LogP contribution in [0.2, 0.25) is 0 Å². The van der Waals surface area contributed by atoms with Gasteiger partial charge in [0, 0.05) is 31.9 Å². The molecule has 1 amide bonds. The van der Waals surface area contributed by atoms with Crippen molar-refractivity contribution in [3.8, 4) is 0 Å². The fourth-order valence-electron chi connectivity index (χ4n) is 2.99. The Morgan fingerprint density at radius 3 is 2.37 bits per heavy atom. The van der Waals surface area contributed by atoms with E-state index in [1.165, 1.54) is 19.1 Å². The van der Waals surface area contributed by atoms with Gasteiger partial charge in [-0.2, -0.15) is 0 Å². The molecule has 3 rings (SSSR count). The third-order valence-corrected chi connectivity index (χ3v) is 6.01. The quantitative estimate of drug-likeness (QED) is 0.843. The molecule has 0 unspecified atom stereocenters. The number of para-hydroxylation sites is 1. The van der Waals surface area contributed by atoms with Gasteiger partial charge >= 0.3 is 0 Å². The van der Waals surface area contributed by atoms with Gasteiger partial charge in [0.15, 0.2) is 0 Å². The average Bonchev–Trinajstić information content (AvgIpc) is 2.69. The van der Waals surface area contributed by atoms with E-state index in [2.05, 4.69) is 9.62 Å². The Morgan fingerprint density at radius 2 is 1.74 bits per heavy atom. The number of nitrogens with zero attached hydrogens (tertiary/aromatic N) is 2. The van der Waals surface area contributed by atoms with E-state index >= 15 is 0 Å². The van der Waals surface area contributed by atoms with Crippen molar-refractivity contribution in [1.29, 1.82) is 0 Å². The summed E-state index contributed by atoms with van der Waals surface area (Å²) < 4.78 is 40.2. The highest BCUT2D eigenvalue weighted by Crippen LogP contribution is 2.16. The minimum Gasteiger partial charge on any atom is -0.368 e. The van der Waals surface area contributed by atoms with Crippen LogP contribution in [0.3, 0.4) is 0 Å². The summed E-state index contributed by atoms with van der Waals surface area (Å²) >= 11 is 0. The van der Waals surface area contributed by atoms with Crippen LogP contribution in [-0.2, 0) is 14.8 Å². The van der Waals surface area contributed by atoms with Crippen molar-refractivity contribution in [2.75, 3.05) is 37.6 Å². The van der Waals surface area contributed by atoms with E-state index in [0.29, 0.717) is 26.2 Å². The second-order valence-corrected chi connectivity index (χ2v) is 8.21. The molecule has 2 aromatic rings. The second kappa shape index (κ2) is 8.06. The fourth-order valence-corrected chi connectivity index (χ4v) is 4.05. The molecule has 1 aliphatic heterocycles. The maximum Gasteiger partial charge on any atom is 0.241 e. The van der Waals surface area contributed by atoms with Gasteiger partial charge in [-0.05, 0) is 42.8 Å². The van der Waals surface area contributed by atoms with E-state index in [1.807, 2.05) is 30.3 Å². The van der Waals surface area contributed by atoms with Crippen LogP contribution in [-0.4, -0.2) is 51.9 Å². The molecule has 1 fully saturated rings. The van der Waals surface area contributed by atoms with Crippen LogP contribution in [0.25, 0.3) is 0 Å². The lowest BCUT2D eigenvalue weighted by Gasteiger charge is -2.36. The number of halogens is 1. The van der Waals surface area contributed by atoms with Crippen LogP contribution in [0.5, 0.6) is 0 Å². The van der Waals surface area contributed by atoms with Crippen LogP contribution < -0.4 is 9.62 Å². The van der Waals surface area contributed by atoms with E-state index in [0.717, 1.165) is 11.8 Å². The summed E-state index contributed by atoms with van der Waals surface area (Å²) in [7, 11) is -3.86. The molecule has 0 atom stereocenters. The topological polar surface area (TPSA) is 69.7 Å². The maximum absolute atomic E-state index is 13.3. The van der Waals surface area contributed by atoms with Crippen LogP contribution >= 0.6 is 0 Å². The van der Waals surface area contributed by atoms with Crippen molar-refractivity contribution < 1.29 is 17.6 Å². The average molecular weight is 391 g/mol. The molecule has 2 aromatic carbocycles. The highest BCUT2D eigenvalue weighted by molar-refractivity contribution is 7.89. The molecule has 1 aliphatic rings. The summed E-state index contributed by atoms with van der Waals surface area (Å²) in [5.41, 5.74) is 1.35. The van der Waals surface area contributed by atoms with Crippen molar-refractivity contribution in [3.05, 3.63) is 59.9 Å². The third-order valence-electron chi connectivity index (χ3n) is 4.61. The second-order valence-electron chi connectivity index (χ2n) is 6.44. The van der Waals surface area contributed by atoms with Gasteiger partial charge < -0.3 is 9.80 Å². The highest BCUT2D eigenvalue weighted by atomic mass is 32.2. The largest absolute Gasteiger partial charge is 0.368 e. The molecule has 1 saturated heterocycles. The molecule has 0 spiro atoms. The minimum atomic E-state index is -3.86. The molecule has 0 bridgehead atoms. The molecule has 1 heterocycles. The number of amides is 1. The summed E-state index contributed by atoms with van der Waals surface area (Å²) in [5.74, 6) is -0.744. The number of anilines is 1.